The monoisotopic (exact) mass is 449 g/mol. The first-order valence-corrected chi connectivity index (χ1v) is 11.4. The molecule has 0 saturated heterocycles. The number of pyridine rings is 1. The van der Waals surface area contributed by atoms with Gasteiger partial charge in [0.25, 0.3) is 11.5 Å². The lowest BCUT2D eigenvalue weighted by Crippen LogP contribution is -2.32. The lowest BCUT2D eigenvalue weighted by molar-refractivity contribution is 0.0947. The molecule has 0 unspecified atom stereocenters. The zero-order valence-electron chi connectivity index (χ0n) is 19.3. The molecule has 1 aliphatic heterocycles. The van der Waals surface area contributed by atoms with E-state index in [-0.39, 0.29) is 11.5 Å². The first-order valence-electron chi connectivity index (χ1n) is 11.4. The van der Waals surface area contributed by atoms with E-state index in [1.54, 1.807) is 10.8 Å². The number of ether oxygens (including phenoxy) is 1. The van der Waals surface area contributed by atoms with Crippen molar-refractivity contribution in [2.75, 3.05) is 26.7 Å². The van der Waals surface area contributed by atoms with Crippen LogP contribution in [0.5, 0.6) is 5.75 Å². The Morgan fingerprint density at radius 3 is 2.73 bits per heavy atom. The Morgan fingerprint density at radius 2 is 2.00 bits per heavy atom. The van der Waals surface area contributed by atoms with Gasteiger partial charge in [-0.15, -0.1) is 0 Å². The zero-order valence-corrected chi connectivity index (χ0v) is 19.3. The molecule has 0 fully saturated rings. The number of aromatic nitrogens is 3. The van der Waals surface area contributed by atoms with E-state index in [0.29, 0.717) is 30.8 Å². The fraction of sp³-hybridized carbons (Fsp3) is 0.400. The second-order valence-corrected chi connectivity index (χ2v) is 8.41. The Labute approximate surface area is 193 Å². The third-order valence-electron chi connectivity index (χ3n) is 6.07. The van der Waals surface area contributed by atoms with Gasteiger partial charge in [0.05, 0.1) is 7.11 Å². The maximum Gasteiger partial charge on any atom is 0.256 e. The number of amides is 1. The fourth-order valence-electron chi connectivity index (χ4n) is 4.27. The van der Waals surface area contributed by atoms with Gasteiger partial charge in [-0.3, -0.25) is 19.2 Å². The van der Waals surface area contributed by atoms with E-state index in [0.717, 1.165) is 38.3 Å². The molecule has 0 atom stereocenters. The number of nitrogens with zero attached hydrogens (tertiary/aromatic N) is 4. The lowest BCUT2D eigenvalue weighted by atomic mass is 10.1. The summed E-state index contributed by atoms with van der Waals surface area (Å²) < 4.78 is 9.02. The van der Waals surface area contributed by atoms with E-state index < -0.39 is 0 Å². The van der Waals surface area contributed by atoms with Crippen LogP contribution in [0.25, 0.3) is 0 Å². The van der Waals surface area contributed by atoms with Crippen LogP contribution in [0.3, 0.4) is 0 Å². The number of carbonyl (C=O) groups excluding carboxylic acids is 1. The number of benzene rings is 1. The van der Waals surface area contributed by atoms with Crippen molar-refractivity contribution in [3.05, 3.63) is 81.5 Å². The molecule has 2 aromatic heterocycles. The van der Waals surface area contributed by atoms with Gasteiger partial charge in [0.15, 0.2) is 0 Å². The third kappa shape index (κ3) is 5.51. The second-order valence-electron chi connectivity index (χ2n) is 8.41. The average Bonchev–Trinajstić information content (AvgIpc) is 3.25. The summed E-state index contributed by atoms with van der Waals surface area (Å²) in [5, 5.41) is 7.17. The smallest absolute Gasteiger partial charge is 0.256 e. The molecule has 174 valence electrons. The number of methoxy groups -OCH3 is 1. The largest absolute Gasteiger partial charge is 0.496 e. The predicted molar refractivity (Wildman–Crippen MR) is 127 cm³/mol. The van der Waals surface area contributed by atoms with Gasteiger partial charge in [0, 0.05) is 69.8 Å². The van der Waals surface area contributed by atoms with Crippen LogP contribution in [0.2, 0.25) is 0 Å². The molecule has 3 heterocycles. The SMILES string of the molecule is COc1cc(=O)n2c(c1C(=O)NCCCn1cccn1)CCN(Cc1ccc(C)cc1)CC2. The molecule has 8 nitrogen and oxygen atoms in total. The van der Waals surface area contributed by atoms with Gasteiger partial charge in [-0.1, -0.05) is 29.8 Å². The highest BCUT2D eigenvalue weighted by Crippen LogP contribution is 2.23. The van der Waals surface area contributed by atoms with Crippen LogP contribution >= 0.6 is 0 Å². The Balaban J connectivity index is 1.48. The second kappa shape index (κ2) is 10.5. The van der Waals surface area contributed by atoms with Gasteiger partial charge in [0.2, 0.25) is 0 Å². The summed E-state index contributed by atoms with van der Waals surface area (Å²) in [5.41, 5.74) is 3.56. The topological polar surface area (TPSA) is 81.4 Å². The van der Waals surface area contributed by atoms with Gasteiger partial charge in [-0.25, -0.2) is 0 Å². The summed E-state index contributed by atoms with van der Waals surface area (Å²) in [5.74, 6) is 0.130. The van der Waals surface area contributed by atoms with Crippen molar-refractivity contribution in [2.24, 2.45) is 0 Å². The van der Waals surface area contributed by atoms with Crippen molar-refractivity contribution in [3.63, 3.8) is 0 Å². The summed E-state index contributed by atoms with van der Waals surface area (Å²) in [6.07, 6.45) is 5.00. The minimum absolute atomic E-state index is 0.130. The van der Waals surface area contributed by atoms with E-state index in [2.05, 4.69) is 46.5 Å². The molecule has 0 radical (unpaired) electrons. The normalized spacial score (nSPS) is 13.9. The summed E-state index contributed by atoms with van der Waals surface area (Å²) >= 11 is 0. The van der Waals surface area contributed by atoms with Crippen molar-refractivity contribution in [1.29, 1.82) is 0 Å². The average molecular weight is 450 g/mol. The van der Waals surface area contributed by atoms with E-state index in [4.69, 9.17) is 4.74 Å². The van der Waals surface area contributed by atoms with Crippen LogP contribution in [-0.2, 0) is 26.1 Å². The molecule has 1 aromatic carbocycles. The highest BCUT2D eigenvalue weighted by atomic mass is 16.5. The molecule has 33 heavy (non-hydrogen) atoms. The van der Waals surface area contributed by atoms with E-state index in [1.165, 1.54) is 24.3 Å². The predicted octanol–water partition coefficient (Wildman–Crippen LogP) is 2.24. The van der Waals surface area contributed by atoms with Gasteiger partial charge in [0.1, 0.15) is 11.3 Å². The first-order chi connectivity index (χ1) is 16.0. The molecular weight excluding hydrogens is 418 g/mol. The molecule has 0 bridgehead atoms. The molecule has 1 amide bonds. The number of fused-ring (bicyclic) bond motifs is 1. The summed E-state index contributed by atoms with van der Waals surface area (Å²) in [7, 11) is 1.50. The number of hydrogen-bond acceptors (Lipinski definition) is 5. The van der Waals surface area contributed by atoms with E-state index in [1.807, 2.05) is 16.9 Å². The molecule has 4 rings (SSSR count). The molecule has 8 heteroatoms. The molecule has 0 aliphatic carbocycles. The minimum Gasteiger partial charge on any atom is -0.496 e. The Bertz CT molecular complexity index is 1140. The third-order valence-corrected chi connectivity index (χ3v) is 6.07. The highest BCUT2D eigenvalue weighted by Gasteiger charge is 2.25. The number of carbonyl (C=O) groups is 1. The van der Waals surface area contributed by atoms with Crippen molar-refractivity contribution < 1.29 is 9.53 Å². The maximum atomic E-state index is 13.1. The summed E-state index contributed by atoms with van der Waals surface area (Å²) in [6.45, 7) is 6.19. The standard InChI is InChI=1S/C25H31N5O3/c1-19-5-7-20(8-6-19)18-28-14-9-21-24(22(33-2)17-23(31)30(21)16-15-28)25(32)26-10-3-12-29-13-4-11-27-29/h4-8,11,13,17H,3,9-10,12,14-16,18H2,1-2H3,(H,26,32). The molecule has 0 spiro atoms. The van der Waals surface area contributed by atoms with Crippen molar-refractivity contribution in [2.45, 2.75) is 39.4 Å². The molecular formula is C25H31N5O3. The Kier molecular flexibility index (Phi) is 7.24. The maximum absolute atomic E-state index is 13.1. The zero-order chi connectivity index (χ0) is 23.2. The number of nitrogens with one attached hydrogen (secondary N) is 1. The van der Waals surface area contributed by atoms with Crippen LogP contribution in [0.1, 0.15) is 33.6 Å². The quantitative estimate of drug-likeness (QED) is 0.534. The minimum atomic E-state index is -0.206. The molecule has 0 saturated carbocycles. The van der Waals surface area contributed by atoms with E-state index >= 15 is 0 Å². The van der Waals surface area contributed by atoms with Gasteiger partial charge >= 0.3 is 0 Å². The number of hydrogen-bond donors (Lipinski definition) is 1. The molecule has 3 aromatic rings. The Hall–Kier alpha value is -3.39. The Morgan fingerprint density at radius 1 is 1.18 bits per heavy atom. The van der Waals surface area contributed by atoms with Crippen molar-refractivity contribution in [1.82, 2.24) is 24.6 Å². The van der Waals surface area contributed by atoms with Crippen molar-refractivity contribution in [3.8, 4) is 5.75 Å². The fourth-order valence-corrected chi connectivity index (χ4v) is 4.27. The summed E-state index contributed by atoms with van der Waals surface area (Å²) in [6, 6.07) is 11.8. The van der Waals surface area contributed by atoms with Crippen LogP contribution in [0.15, 0.2) is 53.6 Å². The molecule has 1 aliphatic rings. The van der Waals surface area contributed by atoms with Gasteiger partial charge in [-0.05, 0) is 25.0 Å². The van der Waals surface area contributed by atoms with E-state index in [9.17, 15) is 9.59 Å². The molecule has 1 N–H and O–H groups in total. The van der Waals surface area contributed by atoms with Gasteiger partial charge in [-0.2, -0.15) is 5.10 Å². The highest BCUT2D eigenvalue weighted by molar-refractivity contribution is 5.98. The van der Waals surface area contributed by atoms with Gasteiger partial charge < -0.3 is 14.6 Å². The number of aryl methyl sites for hydroxylation is 2. The van der Waals surface area contributed by atoms with Crippen LogP contribution in [0, 0.1) is 6.92 Å². The lowest BCUT2D eigenvalue weighted by Gasteiger charge is -2.19. The van der Waals surface area contributed by atoms with Crippen LogP contribution in [0.4, 0.5) is 0 Å². The van der Waals surface area contributed by atoms with Crippen LogP contribution in [-0.4, -0.2) is 51.9 Å². The number of rotatable bonds is 8. The van der Waals surface area contributed by atoms with Crippen LogP contribution < -0.4 is 15.6 Å². The first kappa shape index (κ1) is 22.8. The van der Waals surface area contributed by atoms with Crippen molar-refractivity contribution >= 4 is 5.91 Å². The summed E-state index contributed by atoms with van der Waals surface area (Å²) in [4.78, 5) is 28.3.